The third-order valence-electron chi connectivity index (χ3n) is 3.61. The second-order valence-corrected chi connectivity index (χ2v) is 7.14. The van der Waals surface area contributed by atoms with Crippen LogP contribution < -0.4 is 18.9 Å². The van der Waals surface area contributed by atoms with E-state index in [1.54, 1.807) is 0 Å². The first-order valence-corrected chi connectivity index (χ1v) is 8.38. The Hall–Kier alpha value is -0.543. The third kappa shape index (κ3) is 4.35. The molecule has 0 bridgehead atoms. The molecule has 1 atom stereocenters. The van der Waals surface area contributed by atoms with Gasteiger partial charge in [0.05, 0.1) is 0 Å². The van der Waals surface area contributed by atoms with Crippen molar-refractivity contribution in [2.75, 3.05) is 0 Å². The Morgan fingerprint density at radius 3 is 1.26 bits per heavy atom. The molecule has 0 saturated heterocycles. The van der Waals surface area contributed by atoms with Crippen LogP contribution in [0.3, 0.4) is 0 Å². The molecule has 0 spiro atoms. The Balaban J connectivity index is 0. The predicted octanol–water partition coefficient (Wildman–Crippen LogP) is 2.08. The van der Waals surface area contributed by atoms with Gasteiger partial charge >= 0.3 is 59.7 Å². The molecular formula is C11H8F15LiO3S. The van der Waals surface area contributed by atoms with Crippen molar-refractivity contribution in [3.05, 3.63) is 0 Å². The molecule has 0 radical (unpaired) electrons. The quantitative estimate of drug-likeness (QED) is 0.256. The Morgan fingerprint density at radius 2 is 0.968 bits per heavy atom. The van der Waals surface area contributed by atoms with E-state index in [0.717, 1.165) is 6.92 Å². The predicted molar refractivity (Wildman–Crippen MR) is 64.1 cm³/mol. The molecule has 0 aliphatic heterocycles. The van der Waals surface area contributed by atoms with Crippen LogP contribution in [0.25, 0.3) is 0 Å². The van der Waals surface area contributed by atoms with Gasteiger partial charge in [0, 0.05) is 0 Å². The van der Waals surface area contributed by atoms with Gasteiger partial charge in [-0.2, -0.15) is 61.5 Å². The first-order valence-electron chi connectivity index (χ1n) is 6.97. The molecule has 0 N–H and O–H groups in total. The Bertz CT molecular complexity index is 736. The minimum Gasteiger partial charge on any atom is -0.743 e. The van der Waals surface area contributed by atoms with Gasteiger partial charge in [0.25, 0.3) is 0 Å². The van der Waals surface area contributed by atoms with Crippen LogP contribution in [-0.2, 0) is 10.1 Å². The van der Waals surface area contributed by atoms with Gasteiger partial charge in [0.1, 0.15) is 0 Å². The van der Waals surface area contributed by atoms with Gasteiger partial charge in [-0.05, 0) is 6.42 Å². The topological polar surface area (TPSA) is 57.2 Å². The zero-order valence-electron chi connectivity index (χ0n) is 14.8. The largest absolute Gasteiger partial charge is 1.00 e. The fraction of sp³-hybridized carbons (Fsp3) is 1.00. The molecule has 0 amide bonds. The van der Waals surface area contributed by atoms with Gasteiger partial charge in [-0.15, -0.1) is 0 Å². The van der Waals surface area contributed by atoms with Crippen LogP contribution in [0.1, 0.15) is 19.8 Å². The third-order valence-corrected chi connectivity index (χ3v) is 4.50. The van der Waals surface area contributed by atoms with Crippen LogP contribution >= 0.6 is 0 Å². The Morgan fingerprint density at radius 1 is 0.677 bits per heavy atom. The molecule has 3 nitrogen and oxygen atoms in total. The summed E-state index contributed by atoms with van der Waals surface area (Å²) in [5.74, 6) is -48.6. The van der Waals surface area contributed by atoms with Crippen LogP contribution in [0.5, 0.6) is 0 Å². The molecule has 0 rings (SSSR count). The second-order valence-electron chi connectivity index (χ2n) is 5.72. The molecule has 0 heterocycles. The SMILES string of the molecule is CCCC(F)C(F)(F)C(F)(F)C(F)(F)C(F)(F)C(F)(F)C(F)(F)C(F)(F)S(=O)(=O)[O-].[Li+]. The van der Waals surface area contributed by atoms with Gasteiger partial charge in [-0.1, -0.05) is 13.3 Å². The summed E-state index contributed by atoms with van der Waals surface area (Å²) in [4.78, 5) is 0. The van der Waals surface area contributed by atoms with Crippen molar-refractivity contribution in [1.82, 2.24) is 0 Å². The smallest absolute Gasteiger partial charge is 0.743 e. The first kappa shape index (κ1) is 32.6. The fourth-order valence-electron chi connectivity index (χ4n) is 1.77. The van der Waals surface area contributed by atoms with Gasteiger partial charge in [0.2, 0.25) is 0 Å². The minimum absolute atomic E-state index is 0. The average molecular weight is 512 g/mol. The molecule has 1 unspecified atom stereocenters. The van der Waals surface area contributed by atoms with Crippen LogP contribution in [0.2, 0.25) is 0 Å². The summed E-state index contributed by atoms with van der Waals surface area (Å²) in [5.41, 5.74) is 0. The van der Waals surface area contributed by atoms with Gasteiger partial charge in [-0.25, -0.2) is 12.8 Å². The van der Waals surface area contributed by atoms with E-state index >= 15 is 0 Å². The first-order chi connectivity index (χ1) is 12.7. The van der Waals surface area contributed by atoms with Crippen LogP contribution in [-0.4, -0.2) is 59.9 Å². The van der Waals surface area contributed by atoms with Gasteiger partial charge < -0.3 is 4.55 Å². The van der Waals surface area contributed by atoms with E-state index in [1.807, 2.05) is 0 Å². The normalized spacial score (nSPS) is 16.7. The molecule has 0 saturated carbocycles. The summed E-state index contributed by atoms with van der Waals surface area (Å²) >= 11 is 0. The summed E-state index contributed by atoms with van der Waals surface area (Å²) < 4.78 is 228. The summed E-state index contributed by atoms with van der Waals surface area (Å²) in [7, 11) is -8.02. The Kier molecular flexibility index (Phi) is 9.13. The van der Waals surface area contributed by atoms with Crippen molar-refractivity contribution >= 4 is 10.1 Å². The number of hydrogen-bond acceptors (Lipinski definition) is 3. The van der Waals surface area contributed by atoms with Crippen molar-refractivity contribution in [2.24, 2.45) is 0 Å². The second kappa shape index (κ2) is 8.67. The average Bonchev–Trinajstić information content (AvgIpc) is 2.52. The van der Waals surface area contributed by atoms with Crippen molar-refractivity contribution in [1.29, 1.82) is 0 Å². The molecule has 0 aliphatic rings. The van der Waals surface area contributed by atoms with Crippen molar-refractivity contribution in [3.63, 3.8) is 0 Å². The van der Waals surface area contributed by atoms with Crippen LogP contribution in [0, 0.1) is 0 Å². The van der Waals surface area contributed by atoms with E-state index in [1.165, 1.54) is 0 Å². The molecule has 0 aromatic heterocycles. The maximum atomic E-state index is 13.4. The standard InChI is InChI=1S/C11H9F15O3S.Li/c1-2-3-4(12)5(13,14)6(15,16)7(17,18)8(19,20)9(21,22)10(23,24)11(25,26)30(27,28)29;/h4H,2-3H2,1H3,(H,27,28,29);/q;+1/p-1. The van der Waals surface area contributed by atoms with Crippen molar-refractivity contribution in [2.45, 2.75) is 66.7 Å². The van der Waals surface area contributed by atoms with E-state index in [0.29, 0.717) is 0 Å². The molecule has 0 aromatic rings. The zero-order chi connectivity index (χ0) is 25.0. The van der Waals surface area contributed by atoms with Crippen molar-refractivity contribution < 1.29 is 97.7 Å². The number of halogens is 15. The molecule has 0 aliphatic carbocycles. The van der Waals surface area contributed by atoms with E-state index in [-0.39, 0.29) is 18.9 Å². The zero-order valence-corrected chi connectivity index (χ0v) is 15.6. The number of alkyl halides is 15. The maximum absolute atomic E-state index is 13.4. The van der Waals surface area contributed by atoms with E-state index < -0.39 is 69.9 Å². The fourth-order valence-corrected chi connectivity index (χ4v) is 2.21. The van der Waals surface area contributed by atoms with E-state index in [2.05, 4.69) is 0 Å². The van der Waals surface area contributed by atoms with E-state index in [4.69, 9.17) is 0 Å². The van der Waals surface area contributed by atoms with Crippen LogP contribution in [0.4, 0.5) is 65.9 Å². The molecular weight excluding hydrogens is 504 g/mol. The molecule has 20 heteroatoms. The van der Waals surface area contributed by atoms with Gasteiger partial charge in [-0.3, -0.25) is 0 Å². The number of rotatable bonds is 10. The summed E-state index contributed by atoms with van der Waals surface area (Å²) in [6.45, 7) is 0.785. The Labute approximate surface area is 175 Å². The monoisotopic (exact) mass is 512 g/mol. The molecule has 31 heavy (non-hydrogen) atoms. The molecule has 0 fully saturated rings. The molecule has 0 aromatic carbocycles. The minimum atomic E-state index is -8.57. The summed E-state index contributed by atoms with van der Waals surface area (Å²) in [5, 5.41) is -7.80. The van der Waals surface area contributed by atoms with E-state index in [9.17, 15) is 78.8 Å². The summed E-state index contributed by atoms with van der Waals surface area (Å²) in [6.07, 6.45) is -6.99. The van der Waals surface area contributed by atoms with Crippen molar-refractivity contribution in [3.8, 4) is 0 Å². The van der Waals surface area contributed by atoms with Gasteiger partial charge in [0.15, 0.2) is 16.3 Å². The maximum Gasteiger partial charge on any atom is 1.00 e. The van der Waals surface area contributed by atoms with Crippen LogP contribution in [0.15, 0.2) is 0 Å². The number of hydrogen-bond donors (Lipinski definition) is 0. The molecule has 182 valence electrons. The summed E-state index contributed by atoms with van der Waals surface area (Å²) in [6, 6.07) is 0.